The number of nitrogens with two attached hydrogens (primary N) is 1. The monoisotopic (exact) mass is 279 g/mol. The van der Waals surface area contributed by atoms with Crippen LogP contribution in [0.5, 0.6) is 5.88 Å². The number of ether oxygens (including phenoxy) is 1. The molecular formula is C14H25N5O. The lowest BCUT2D eigenvalue weighted by Crippen LogP contribution is -2.55. The fourth-order valence-electron chi connectivity index (χ4n) is 3.08. The zero-order chi connectivity index (χ0) is 14.6. The highest BCUT2D eigenvalue weighted by atomic mass is 16.5. The number of hydrazine groups is 1. The topological polar surface area (TPSA) is 76.3 Å². The van der Waals surface area contributed by atoms with Crippen molar-refractivity contribution < 1.29 is 4.74 Å². The van der Waals surface area contributed by atoms with Gasteiger partial charge in [-0.25, -0.2) is 10.4 Å². The minimum atomic E-state index is -0.116. The summed E-state index contributed by atoms with van der Waals surface area (Å²) in [6.45, 7) is 6.62. The van der Waals surface area contributed by atoms with Gasteiger partial charge in [0.15, 0.2) is 0 Å². The quantitative estimate of drug-likeness (QED) is 0.603. The average molecular weight is 279 g/mol. The summed E-state index contributed by atoms with van der Waals surface area (Å²) in [7, 11) is 1.61. The lowest BCUT2D eigenvalue weighted by atomic mass is 9.85. The number of hydrogen-bond acceptors (Lipinski definition) is 6. The third-order valence-corrected chi connectivity index (χ3v) is 4.49. The van der Waals surface area contributed by atoms with Crippen LogP contribution in [0.25, 0.3) is 0 Å². The van der Waals surface area contributed by atoms with Crippen LogP contribution >= 0.6 is 0 Å². The summed E-state index contributed by atoms with van der Waals surface area (Å²) >= 11 is 0. The number of hydrogen-bond donors (Lipinski definition) is 2. The van der Waals surface area contributed by atoms with E-state index < -0.39 is 0 Å². The molecule has 2 rings (SSSR count). The molecule has 2 unspecified atom stereocenters. The number of likely N-dealkylation sites (tertiary alicyclic amines) is 1. The first kappa shape index (κ1) is 15.2. The van der Waals surface area contributed by atoms with Gasteiger partial charge < -0.3 is 4.74 Å². The highest BCUT2D eigenvalue weighted by Gasteiger charge is 2.42. The molecule has 0 saturated carbocycles. The normalized spacial score (nSPS) is 20.6. The number of rotatable bonds is 6. The Morgan fingerprint density at radius 2 is 2.05 bits per heavy atom. The van der Waals surface area contributed by atoms with Crippen molar-refractivity contribution in [2.45, 2.75) is 44.7 Å². The Balaban J connectivity index is 2.38. The SMILES string of the molecule is CCC(C)(C(NN)c1nccnc1OC)N1CCCC1. The van der Waals surface area contributed by atoms with Crippen molar-refractivity contribution in [1.29, 1.82) is 0 Å². The molecule has 1 aliphatic rings. The van der Waals surface area contributed by atoms with Crippen LogP contribution in [0.2, 0.25) is 0 Å². The predicted octanol–water partition coefficient (Wildman–Crippen LogP) is 1.25. The molecule has 0 amide bonds. The maximum Gasteiger partial charge on any atom is 0.237 e. The summed E-state index contributed by atoms with van der Waals surface area (Å²) in [6.07, 6.45) is 6.77. The molecule has 2 heterocycles. The van der Waals surface area contributed by atoms with E-state index in [-0.39, 0.29) is 11.6 Å². The molecule has 6 nitrogen and oxygen atoms in total. The highest BCUT2D eigenvalue weighted by Crippen LogP contribution is 2.37. The summed E-state index contributed by atoms with van der Waals surface area (Å²) in [4.78, 5) is 11.2. The fourth-order valence-corrected chi connectivity index (χ4v) is 3.08. The smallest absolute Gasteiger partial charge is 0.237 e. The van der Waals surface area contributed by atoms with Crippen LogP contribution in [0.15, 0.2) is 12.4 Å². The Labute approximate surface area is 120 Å². The van der Waals surface area contributed by atoms with Crippen molar-refractivity contribution in [3.8, 4) is 5.88 Å². The van der Waals surface area contributed by atoms with Crippen molar-refractivity contribution in [3.63, 3.8) is 0 Å². The first-order valence-corrected chi connectivity index (χ1v) is 7.23. The molecule has 0 aliphatic carbocycles. The summed E-state index contributed by atoms with van der Waals surface area (Å²) in [6, 6.07) is -0.116. The van der Waals surface area contributed by atoms with Gasteiger partial charge in [0.05, 0.1) is 13.2 Å². The van der Waals surface area contributed by atoms with E-state index in [1.165, 1.54) is 12.8 Å². The standard InChI is InChI=1S/C14H25N5O/c1-4-14(2,19-9-5-6-10-19)12(18-15)11-13(20-3)17-8-7-16-11/h7-8,12,18H,4-6,9-10,15H2,1-3H3. The summed E-state index contributed by atoms with van der Waals surface area (Å²) in [5, 5.41) is 0. The molecule has 112 valence electrons. The molecule has 0 radical (unpaired) electrons. The minimum Gasteiger partial charge on any atom is -0.480 e. The molecular weight excluding hydrogens is 254 g/mol. The van der Waals surface area contributed by atoms with Crippen LogP contribution in [0, 0.1) is 0 Å². The Morgan fingerprint density at radius 3 is 2.60 bits per heavy atom. The zero-order valence-corrected chi connectivity index (χ0v) is 12.6. The van der Waals surface area contributed by atoms with Gasteiger partial charge in [-0.1, -0.05) is 6.92 Å². The maximum absolute atomic E-state index is 5.86. The van der Waals surface area contributed by atoms with Gasteiger partial charge in [0.25, 0.3) is 0 Å². The van der Waals surface area contributed by atoms with Crippen molar-refractivity contribution >= 4 is 0 Å². The van der Waals surface area contributed by atoms with Crippen LogP contribution in [-0.4, -0.2) is 40.6 Å². The molecule has 0 bridgehead atoms. The molecule has 1 aromatic rings. The Hall–Kier alpha value is -1.24. The molecule has 1 aliphatic heterocycles. The first-order valence-electron chi connectivity index (χ1n) is 7.23. The fraction of sp³-hybridized carbons (Fsp3) is 0.714. The van der Waals surface area contributed by atoms with Crippen molar-refractivity contribution in [1.82, 2.24) is 20.3 Å². The van der Waals surface area contributed by atoms with Gasteiger partial charge in [-0.2, -0.15) is 0 Å². The Morgan fingerprint density at radius 1 is 1.40 bits per heavy atom. The second kappa shape index (κ2) is 6.47. The molecule has 1 saturated heterocycles. The van der Waals surface area contributed by atoms with E-state index >= 15 is 0 Å². The van der Waals surface area contributed by atoms with Crippen LogP contribution in [0.4, 0.5) is 0 Å². The van der Waals surface area contributed by atoms with Crippen molar-refractivity contribution in [2.24, 2.45) is 5.84 Å². The van der Waals surface area contributed by atoms with Gasteiger partial charge in [-0.15, -0.1) is 0 Å². The molecule has 20 heavy (non-hydrogen) atoms. The summed E-state index contributed by atoms with van der Waals surface area (Å²) in [5.41, 5.74) is 3.61. The number of nitrogens with zero attached hydrogens (tertiary/aromatic N) is 3. The molecule has 6 heteroatoms. The lowest BCUT2D eigenvalue weighted by molar-refractivity contribution is 0.0807. The van der Waals surface area contributed by atoms with E-state index in [9.17, 15) is 0 Å². The van der Waals surface area contributed by atoms with Gasteiger partial charge in [-0.05, 0) is 39.3 Å². The predicted molar refractivity (Wildman–Crippen MR) is 78.2 cm³/mol. The zero-order valence-electron chi connectivity index (χ0n) is 12.6. The summed E-state index contributed by atoms with van der Waals surface area (Å²) < 4.78 is 5.34. The average Bonchev–Trinajstić information content (AvgIpc) is 3.03. The van der Waals surface area contributed by atoms with Crippen LogP contribution in [-0.2, 0) is 0 Å². The molecule has 2 atom stereocenters. The number of methoxy groups -OCH3 is 1. The van der Waals surface area contributed by atoms with Crippen LogP contribution in [0.3, 0.4) is 0 Å². The first-order chi connectivity index (χ1) is 9.67. The Kier molecular flexibility index (Phi) is 4.91. The van der Waals surface area contributed by atoms with E-state index in [4.69, 9.17) is 10.6 Å². The molecule has 1 aromatic heterocycles. The second-order valence-corrected chi connectivity index (χ2v) is 5.46. The van der Waals surface area contributed by atoms with Crippen molar-refractivity contribution in [2.75, 3.05) is 20.2 Å². The second-order valence-electron chi connectivity index (χ2n) is 5.46. The van der Waals surface area contributed by atoms with E-state index in [2.05, 4.69) is 34.1 Å². The van der Waals surface area contributed by atoms with Gasteiger partial charge in [0, 0.05) is 17.9 Å². The lowest BCUT2D eigenvalue weighted by Gasteiger charge is -2.43. The van der Waals surface area contributed by atoms with Gasteiger partial charge in [-0.3, -0.25) is 15.7 Å². The van der Waals surface area contributed by atoms with E-state index in [1.807, 2.05) is 0 Å². The largest absolute Gasteiger partial charge is 0.480 e. The van der Waals surface area contributed by atoms with E-state index in [1.54, 1.807) is 19.5 Å². The van der Waals surface area contributed by atoms with Crippen molar-refractivity contribution in [3.05, 3.63) is 18.1 Å². The van der Waals surface area contributed by atoms with E-state index in [0.29, 0.717) is 5.88 Å². The van der Waals surface area contributed by atoms with E-state index in [0.717, 1.165) is 25.2 Å². The van der Waals surface area contributed by atoms with Crippen LogP contribution < -0.4 is 16.0 Å². The highest BCUT2D eigenvalue weighted by molar-refractivity contribution is 5.25. The maximum atomic E-state index is 5.86. The number of nitrogens with one attached hydrogen (secondary N) is 1. The molecule has 1 fully saturated rings. The third-order valence-electron chi connectivity index (χ3n) is 4.49. The minimum absolute atomic E-state index is 0.103. The molecule has 0 aromatic carbocycles. The van der Waals surface area contributed by atoms with Gasteiger partial charge in [0.2, 0.25) is 5.88 Å². The third kappa shape index (κ3) is 2.63. The summed E-state index contributed by atoms with van der Waals surface area (Å²) in [5.74, 6) is 6.39. The van der Waals surface area contributed by atoms with Crippen LogP contribution in [0.1, 0.15) is 44.8 Å². The number of aromatic nitrogens is 2. The van der Waals surface area contributed by atoms with Gasteiger partial charge >= 0.3 is 0 Å². The Bertz CT molecular complexity index is 435. The molecule has 3 N–H and O–H groups in total. The van der Waals surface area contributed by atoms with Gasteiger partial charge in [0.1, 0.15) is 5.69 Å². The molecule has 0 spiro atoms.